The zero-order chi connectivity index (χ0) is 23.9. The molecule has 0 spiro atoms. The molecule has 0 aromatic heterocycles. The van der Waals surface area contributed by atoms with Gasteiger partial charge in [0, 0.05) is 11.8 Å². The summed E-state index contributed by atoms with van der Waals surface area (Å²) in [5.41, 5.74) is 2.78. The normalized spacial score (nSPS) is 14.5. The van der Waals surface area contributed by atoms with Gasteiger partial charge in [0.1, 0.15) is 11.5 Å². The molecule has 0 saturated carbocycles. The molecule has 1 heterocycles. The van der Waals surface area contributed by atoms with Crippen LogP contribution in [-0.4, -0.2) is 32.5 Å². The Balaban J connectivity index is 0.000000357. The maximum Gasteiger partial charge on any atom is 0.302 e. The maximum atomic E-state index is 10.7. The Morgan fingerprint density at radius 2 is 1.55 bits per heavy atom. The van der Waals surface area contributed by atoms with E-state index in [-0.39, 0.29) is 5.97 Å². The minimum absolute atomic E-state index is 0.168. The van der Waals surface area contributed by atoms with Gasteiger partial charge in [0.15, 0.2) is 0 Å². The van der Waals surface area contributed by atoms with E-state index in [2.05, 4.69) is 25.1 Å². The molecular formula is C28H40O4S. The lowest BCUT2D eigenvalue weighted by molar-refractivity contribution is -0.141. The van der Waals surface area contributed by atoms with E-state index in [0.29, 0.717) is 6.61 Å². The summed E-state index contributed by atoms with van der Waals surface area (Å²) in [7, 11) is 3.41. The van der Waals surface area contributed by atoms with Gasteiger partial charge in [0.05, 0.1) is 20.8 Å². The van der Waals surface area contributed by atoms with Gasteiger partial charge in [-0.1, -0.05) is 55.9 Å². The SMILES string of the molecule is COc1ccc(C)cc1.COc1ccc2c(c1)SCCC2CCCCCCCCOC(C)=O. The molecule has 2 aromatic rings. The summed E-state index contributed by atoms with van der Waals surface area (Å²) >= 11 is 1.96. The number of carbonyl (C=O) groups excluding carboxylic acids is 1. The number of rotatable bonds is 11. The summed E-state index contributed by atoms with van der Waals surface area (Å²) in [5, 5.41) is 0. The van der Waals surface area contributed by atoms with E-state index in [1.165, 1.54) is 67.2 Å². The van der Waals surface area contributed by atoms with Crippen molar-refractivity contribution in [3.05, 3.63) is 53.6 Å². The second-order valence-corrected chi connectivity index (χ2v) is 9.64. The highest BCUT2D eigenvalue weighted by Gasteiger charge is 2.20. The van der Waals surface area contributed by atoms with Crippen molar-refractivity contribution in [1.29, 1.82) is 0 Å². The number of carbonyl (C=O) groups is 1. The summed E-state index contributed by atoms with van der Waals surface area (Å²) in [6.45, 7) is 4.10. The van der Waals surface area contributed by atoms with Crippen molar-refractivity contribution in [1.82, 2.24) is 0 Å². The number of esters is 1. The molecule has 33 heavy (non-hydrogen) atoms. The zero-order valence-electron chi connectivity index (χ0n) is 20.7. The Hall–Kier alpha value is -2.14. The number of thioether (sulfide) groups is 1. The molecule has 0 aliphatic carbocycles. The second-order valence-electron chi connectivity index (χ2n) is 8.51. The van der Waals surface area contributed by atoms with Crippen LogP contribution in [0.1, 0.15) is 75.3 Å². The highest BCUT2D eigenvalue weighted by molar-refractivity contribution is 7.99. The van der Waals surface area contributed by atoms with E-state index in [1.807, 2.05) is 36.0 Å². The molecule has 5 heteroatoms. The lowest BCUT2D eigenvalue weighted by Gasteiger charge is -2.25. The molecule has 4 nitrogen and oxygen atoms in total. The van der Waals surface area contributed by atoms with E-state index < -0.39 is 0 Å². The predicted octanol–water partition coefficient (Wildman–Crippen LogP) is 7.57. The third kappa shape index (κ3) is 10.6. The van der Waals surface area contributed by atoms with E-state index in [0.717, 1.165) is 30.3 Å². The number of methoxy groups -OCH3 is 2. The molecule has 3 rings (SSSR count). The summed E-state index contributed by atoms with van der Waals surface area (Å²) in [4.78, 5) is 12.1. The standard InChI is InChI=1S/C20H30O3S.C8H10O/c1-16(21)23-13-8-6-4-3-5-7-9-17-12-14-24-20-15-18(22-2)10-11-19(17)20;1-7-3-5-8(9-2)6-4-7/h10-11,15,17H,3-9,12-14H2,1-2H3;3-6H,1-2H3. The van der Waals surface area contributed by atoms with Crippen LogP contribution >= 0.6 is 11.8 Å². The minimum Gasteiger partial charge on any atom is -0.497 e. The topological polar surface area (TPSA) is 44.8 Å². The first kappa shape index (κ1) is 27.1. The van der Waals surface area contributed by atoms with E-state index >= 15 is 0 Å². The molecule has 0 N–H and O–H groups in total. The van der Waals surface area contributed by atoms with Gasteiger partial charge >= 0.3 is 5.97 Å². The quantitative estimate of drug-likeness (QED) is 0.249. The molecule has 0 saturated heterocycles. The molecule has 0 amide bonds. The van der Waals surface area contributed by atoms with Gasteiger partial charge in [-0.2, -0.15) is 0 Å². The van der Waals surface area contributed by atoms with Crippen LogP contribution in [0.3, 0.4) is 0 Å². The van der Waals surface area contributed by atoms with Crippen LogP contribution in [0, 0.1) is 6.92 Å². The predicted molar refractivity (Wildman–Crippen MR) is 138 cm³/mol. The van der Waals surface area contributed by atoms with Gasteiger partial charge in [-0.25, -0.2) is 0 Å². The molecule has 1 aliphatic rings. The first-order chi connectivity index (χ1) is 16.0. The van der Waals surface area contributed by atoms with Crippen LogP contribution in [0.2, 0.25) is 0 Å². The number of unbranched alkanes of at least 4 members (excludes halogenated alkanes) is 5. The Labute approximate surface area is 204 Å². The van der Waals surface area contributed by atoms with Crippen molar-refractivity contribution in [2.45, 2.75) is 76.0 Å². The Morgan fingerprint density at radius 1 is 0.909 bits per heavy atom. The Bertz CT molecular complexity index is 819. The smallest absolute Gasteiger partial charge is 0.302 e. The first-order valence-corrected chi connectivity index (χ1v) is 13.1. The van der Waals surface area contributed by atoms with Gasteiger partial charge in [-0.05, 0) is 67.7 Å². The zero-order valence-corrected chi connectivity index (χ0v) is 21.5. The average Bonchev–Trinajstić information content (AvgIpc) is 2.83. The number of aryl methyl sites for hydroxylation is 1. The summed E-state index contributed by atoms with van der Waals surface area (Å²) < 4.78 is 15.3. The molecule has 1 aliphatic heterocycles. The van der Waals surface area contributed by atoms with Crippen LogP contribution < -0.4 is 9.47 Å². The van der Waals surface area contributed by atoms with Crippen molar-refractivity contribution in [2.24, 2.45) is 0 Å². The number of fused-ring (bicyclic) bond motifs is 1. The van der Waals surface area contributed by atoms with Crippen LogP contribution in [-0.2, 0) is 9.53 Å². The van der Waals surface area contributed by atoms with E-state index in [9.17, 15) is 4.79 Å². The highest BCUT2D eigenvalue weighted by atomic mass is 32.2. The summed E-state index contributed by atoms with van der Waals surface area (Å²) in [6, 6.07) is 14.5. The van der Waals surface area contributed by atoms with Crippen LogP contribution in [0.5, 0.6) is 11.5 Å². The Morgan fingerprint density at radius 3 is 2.21 bits per heavy atom. The number of hydrogen-bond donors (Lipinski definition) is 0. The first-order valence-electron chi connectivity index (χ1n) is 12.1. The minimum atomic E-state index is -0.168. The second kappa shape index (κ2) is 15.7. The molecule has 1 atom stereocenters. The molecule has 0 fully saturated rings. The molecule has 2 aromatic carbocycles. The van der Waals surface area contributed by atoms with Crippen molar-refractivity contribution >= 4 is 17.7 Å². The fourth-order valence-corrected chi connectivity index (χ4v) is 5.18. The van der Waals surface area contributed by atoms with Gasteiger partial charge in [-0.3, -0.25) is 4.79 Å². The molecule has 182 valence electrons. The summed E-state index contributed by atoms with van der Waals surface area (Å²) in [6.07, 6.45) is 9.91. The van der Waals surface area contributed by atoms with Gasteiger partial charge < -0.3 is 14.2 Å². The maximum absolute atomic E-state index is 10.7. The average molecular weight is 473 g/mol. The molecular weight excluding hydrogens is 432 g/mol. The van der Waals surface area contributed by atoms with E-state index in [1.54, 1.807) is 14.2 Å². The van der Waals surface area contributed by atoms with Gasteiger partial charge in [0.25, 0.3) is 0 Å². The fraction of sp³-hybridized carbons (Fsp3) is 0.536. The third-order valence-electron chi connectivity index (χ3n) is 5.89. The molecule has 0 bridgehead atoms. The monoisotopic (exact) mass is 472 g/mol. The van der Waals surface area contributed by atoms with Crippen LogP contribution in [0.25, 0.3) is 0 Å². The lowest BCUT2D eigenvalue weighted by atomic mass is 9.90. The number of benzene rings is 2. The largest absolute Gasteiger partial charge is 0.497 e. The fourth-order valence-electron chi connectivity index (χ4n) is 3.96. The lowest BCUT2D eigenvalue weighted by Crippen LogP contribution is -2.07. The number of ether oxygens (including phenoxy) is 3. The third-order valence-corrected chi connectivity index (χ3v) is 7.00. The van der Waals surface area contributed by atoms with Gasteiger partial charge in [-0.15, -0.1) is 11.8 Å². The molecule has 1 unspecified atom stereocenters. The van der Waals surface area contributed by atoms with E-state index in [4.69, 9.17) is 14.2 Å². The van der Waals surface area contributed by atoms with Crippen molar-refractivity contribution in [3.63, 3.8) is 0 Å². The highest BCUT2D eigenvalue weighted by Crippen LogP contribution is 2.41. The van der Waals surface area contributed by atoms with Gasteiger partial charge in [0.2, 0.25) is 0 Å². The summed E-state index contributed by atoms with van der Waals surface area (Å²) in [5.74, 6) is 3.66. The number of hydrogen-bond acceptors (Lipinski definition) is 5. The van der Waals surface area contributed by atoms with Crippen molar-refractivity contribution in [2.75, 3.05) is 26.6 Å². The van der Waals surface area contributed by atoms with Crippen molar-refractivity contribution in [3.8, 4) is 11.5 Å². The Kier molecular flexibility index (Phi) is 12.9. The molecule has 0 radical (unpaired) electrons. The van der Waals surface area contributed by atoms with Crippen molar-refractivity contribution < 1.29 is 19.0 Å². The van der Waals surface area contributed by atoms with Crippen LogP contribution in [0.4, 0.5) is 0 Å². The van der Waals surface area contributed by atoms with Crippen LogP contribution in [0.15, 0.2) is 47.4 Å².